The number of pyridine rings is 1. The van der Waals surface area contributed by atoms with E-state index in [-0.39, 0.29) is 11.3 Å². The maximum Gasteiger partial charge on any atom is 0.252 e. The average Bonchev–Trinajstić information content (AvgIpc) is 2.53. The van der Waals surface area contributed by atoms with Crippen LogP contribution >= 0.6 is 11.6 Å². The Morgan fingerprint density at radius 1 is 1.32 bits per heavy atom. The molecule has 0 spiro atoms. The topological polar surface area (TPSA) is 51.2 Å². The van der Waals surface area contributed by atoms with Gasteiger partial charge in [0.05, 0.1) is 12.7 Å². The summed E-state index contributed by atoms with van der Waals surface area (Å²) >= 11 is 6.03. The summed E-state index contributed by atoms with van der Waals surface area (Å²) in [4.78, 5) is 16.2. The van der Waals surface area contributed by atoms with E-state index < -0.39 is 0 Å². The number of benzene rings is 1. The molecule has 1 heterocycles. The summed E-state index contributed by atoms with van der Waals surface area (Å²) in [6.45, 7) is 4.62. The Morgan fingerprint density at radius 3 is 2.68 bits per heavy atom. The van der Waals surface area contributed by atoms with Crippen molar-refractivity contribution in [1.29, 1.82) is 0 Å². The van der Waals surface area contributed by atoms with Crippen LogP contribution in [0.15, 0.2) is 42.6 Å². The molecule has 1 amide bonds. The second-order valence-corrected chi connectivity index (χ2v) is 6.10. The zero-order valence-corrected chi connectivity index (χ0v) is 13.6. The van der Waals surface area contributed by atoms with Crippen molar-refractivity contribution in [1.82, 2.24) is 10.3 Å². The summed E-state index contributed by atoms with van der Waals surface area (Å²) in [5.41, 5.74) is 1.36. The van der Waals surface area contributed by atoms with Crippen molar-refractivity contribution in [3.8, 4) is 5.88 Å². The van der Waals surface area contributed by atoms with Crippen molar-refractivity contribution in [2.45, 2.75) is 19.3 Å². The highest BCUT2D eigenvalue weighted by Gasteiger charge is 2.22. The third-order valence-corrected chi connectivity index (χ3v) is 3.74. The Kier molecular flexibility index (Phi) is 5.03. The summed E-state index contributed by atoms with van der Waals surface area (Å²) in [5, 5.41) is 3.62. The molecule has 0 fully saturated rings. The number of hydrogen-bond acceptors (Lipinski definition) is 3. The Hall–Kier alpha value is -2.07. The van der Waals surface area contributed by atoms with Crippen molar-refractivity contribution < 1.29 is 9.53 Å². The standard InChI is InChI=1S/C17H19ClN2O2/c1-17(2,13-5-4-6-14(18)9-13)11-20-16(21)12-7-8-15(22-3)19-10-12/h4-10H,11H2,1-3H3,(H,20,21). The number of halogens is 1. The first kappa shape index (κ1) is 16.3. The number of nitrogens with zero attached hydrogens (tertiary/aromatic N) is 1. The van der Waals surface area contributed by atoms with Crippen LogP contribution in [0.4, 0.5) is 0 Å². The fraction of sp³-hybridized carbons (Fsp3) is 0.294. The molecule has 0 bridgehead atoms. The van der Waals surface area contributed by atoms with E-state index in [1.165, 1.54) is 13.3 Å². The molecule has 0 aliphatic carbocycles. The van der Waals surface area contributed by atoms with Gasteiger partial charge in [-0.2, -0.15) is 0 Å². The van der Waals surface area contributed by atoms with Crippen molar-refractivity contribution in [2.75, 3.05) is 13.7 Å². The third kappa shape index (κ3) is 3.98. The van der Waals surface area contributed by atoms with E-state index >= 15 is 0 Å². The van der Waals surface area contributed by atoms with Gasteiger partial charge in [0.15, 0.2) is 0 Å². The largest absolute Gasteiger partial charge is 0.481 e. The third-order valence-electron chi connectivity index (χ3n) is 3.50. The predicted molar refractivity (Wildman–Crippen MR) is 87.6 cm³/mol. The van der Waals surface area contributed by atoms with Crippen LogP contribution in [-0.2, 0) is 5.41 Å². The van der Waals surface area contributed by atoms with Gasteiger partial charge in [-0.1, -0.05) is 37.6 Å². The minimum Gasteiger partial charge on any atom is -0.481 e. The molecule has 0 aliphatic rings. The van der Waals surface area contributed by atoms with Gasteiger partial charge in [-0.15, -0.1) is 0 Å². The Balaban J connectivity index is 2.02. The van der Waals surface area contributed by atoms with Crippen LogP contribution in [0.1, 0.15) is 29.8 Å². The molecule has 0 atom stereocenters. The summed E-state index contributed by atoms with van der Waals surface area (Å²) in [6.07, 6.45) is 1.50. The van der Waals surface area contributed by atoms with Crippen LogP contribution in [0.5, 0.6) is 5.88 Å². The first-order chi connectivity index (χ1) is 10.4. The van der Waals surface area contributed by atoms with E-state index in [9.17, 15) is 4.79 Å². The number of nitrogens with one attached hydrogen (secondary N) is 1. The second-order valence-electron chi connectivity index (χ2n) is 5.67. The van der Waals surface area contributed by atoms with Crippen LogP contribution < -0.4 is 10.1 Å². The molecule has 5 heteroatoms. The van der Waals surface area contributed by atoms with E-state index in [4.69, 9.17) is 16.3 Å². The number of carbonyl (C=O) groups excluding carboxylic acids is 1. The molecule has 0 aliphatic heterocycles. The van der Waals surface area contributed by atoms with Gasteiger partial charge < -0.3 is 10.1 Å². The molecule has 0 unspecified atom stereocenters. The molecule has 2 aromatic rings. The van der Waals surface area contributed by atoms with Crippen molar-refractivity contribution in [2.24, 2.45) is 0 Å². The Morgan fingerprint density at radius 2 is 2.09 bits per heavy atom. The monoisotopic (exact) mass is 318 g/mol. The molecular formula is C17H19ClN2O2. The highest BCUT2D eigenvalue weighted by molar-refractivity contribution is 6.30. The number of hydrogen-bond donors (Lipinski definition) is 1. The van der Waals surface area contributed by atoms with Gasteiger partial charge in [0, 0.05) is 29.2 Å². The molecule has 0 radical (unpaired) electrons. The van der Waals surface area contributed by atoms with Crippen molar-refractivity contribution in [3.05, 3.63) is 58.7 Å². The van der Waals surface area contributed by atoms with Crippen molar-refractivity contribution >= 4 is 17.5 Å². The lowest BCUT2D eigenvalue weighted by atomic mass is 9.84. The average molecular weight is 319 g/mol. The molecule has 1 aromatic heterocycles. The van der Waals surface area contributed by atoms with Gasteiger partial charge >= 0.3 is 0 Å². The SMILES string of the molecule is COc1ccc(C(=O)NCC(C)(C)c2cccc(Cl)c2)cn1. The zero-order valence-electron chi connectivity index (χ0n) is 12.9. The van der Waals surface area contributed by atoms with Gasteiger partial charge in [0.25, 0.3) is 5.91 Å². The highest BCUT2D eigenvalue weighted by Crippen LogP contribution is 2.25. The fourth-order valence-electron chi connectivity index (χ4n) is 2.05. The molecule has 0 saturated carbocycles. The number of methoxy groups -OCH3 is 1. The number of amides is 1. The molecular weight excluding hydrogens is 300 g/mol. The Labute approximate surface area is 135 Å². The van der Waals surface area contributed by atoms with Crippen LogP contribution in [0.25, 0.3) is 0 Å². The maximum atomic E-state index is 12.2. The lowest BCUT2D eigenvalue weighted by molar-refractivity contribution is 0.0945. The normalized spacial score (nSPS) is 11.1. The minimum absolute atomic E-state index is 0.162. The number of ether oxygens (including phenoxy) is 1. The molecule has 0 saturated heterocycles. The zero-order chi connectivity index (χ0) is 16.2. The van der Waals surface area contributed by atoms with Crippen LogP contribution in [-0.4, -0.2) is 24.5 Å². The number of rotatable bonds is 5. The first-order valence-electron chi connectivity index (χ1n) is 6.97. The Bertz CT molecular complexity index is 654. The van der Waals surface area contributed by atoms with Crippen molar-refractivity contribution in [3.63, 3.8) is 0 Å². The van der Waals surface area contributed by atoms with Crippen LogP contribution in [0, 0.1) is 0 Å². The van der Waals surface area contributed by atoms with E-state index in [2.05, 4.69) is 24.1 Å². The van der Waals surface area contributed by atoms with Gasteiger partial charge in [-0.05, 0) is 23.8 Å². The summed E-state index contributed by atoms with van der Waals surface area (Å²) in [6, 6.07) is 11.0. The van der Waals surface area contributed by atoms with Crippen LogP contribution in [0.3, 0.4) is 0 Å². The smallest absolute Gasteiger partial charge is 0.252 e. The fourth-order valence-corrected chi connectivity index (χ4v) is 2.24. The first-order valence-corrected chi connectivity index (χ1v) is 7.34. The maximum absolute atomic E-state index is 12.2. The van der Waals surface area contributed by atoms with Gasteiger partial charge in [-0.3, -0.25) is 4.79 Å². The molecule has 1 N–H and O–H groups in total. The lowest BCUT2D eigenvalue weighted by Crippen LogP contribution is -2.36. The molecule has 116 valence electrons. The summed E-state index contributed by atoms with van der Waals surface area (Å²) in [5.74, 6) is 0.320. The predicted octanol–water partition coefficient (Wildman–Crippen LogP) is 3.45. The van der Waals surface area contributed by atoms with Gasteiger partial charge in [0.2, 0.25) is 5.88 Å². The molecule has 22 heavy (non-hydrogen) atoms. The van der Waals surface area contributed by atoms with E-state index in [1.807, 2.05) is 24.3 Å². The summed E-state index contributed by atoms with van der Waals surface area (Å²) in [7, 11) is 1.54. The molecule has 1 aromatic carbocycles. The lowest BCUT2D eigenvalue weighted by Gasteiger charge is -2.26. The van der Waals surface area contributed by atoms with Crippen LogP contribution in [0.2, 0.25) is 5.02 Å². The van der Waals surface area contributed by atoms with E-state index in [0.29, 0.717) is 23.0 Å². The quantitative estimate of drug-likeness (QED) is 0.918. The second kappa shape index (κ2) is 6.79. The van der Waals surface area contributed by atoms with E-state index in [1.54, 1.807) is 12.1 Å². The van der Waals surface area contributed by atoms with E-state index in [0.717, 1.165) is 5.56 Å². The molecule has 4 nitrogen and oxygen atoms in total. The molecule has 2 rings (SSSR count). The highest BCUT2D eigenvalue weighted by atomic mass is 35.5. The van der Waals surface area contributed by atoms with Gasteiger partial charge in [0.1, 0.15) is 0 Å². The number of carbonyl (C=O) groups is 1. The minimum atomic E-state index is -0.222. The summed E-state index contributed by atoms with van der Waals surface area (Å²) < 4.78 is 4.98. The number of aromatic nitrogens is 1. The van der Waals surface area contributed by atoms with Gasteiger partial charge in [-0.25, -0.2) is 4.98 Å².